The molecule has 1 aliphatic rings. The van der Waals surface area contributed by atoms with E-state index >= 15 is 0 Å². The molecule has 1 aromatic carbocycles. The van der Waals surface area contributed by atoms with E-state index in [0.717, 1.165) is 44.6 Å². The molecular formula is C13H20N2O. The number of nitrogens with one attached hydrogen (secondary N) is 1. The van der Waals surface area contributed by atoms with Gasteiger partial charge in [0.25, 0.3) is 0 Å². The number of aryl methyl sites for hydroxylation is 1. The van der Waals surface area contributed by atoms with Crippen LogP contribution in [0.4, 0.5) is 0 Å². The Balaban J connectivity index is 1.79. The summed E-state index contributed by atoms with van der Waals surface area (Å²) in [5.74, 6) is 1.05. The van der Waals surface area contributed by atoms with E-state index < -0.39 is 0 Å². The number of ether oxygens (including phenoxy) is 1. The fourth-order valence-corrected chi connectivity index (χ4v) is 2.01. The minimum absolute atomic E-state index is 0.313. The minimum Gasteiger partial charge on any atom is -0.489 e. The molecule has 0 fully saturated rings. The summed E-state index contributed by atoms with van der Waals surface area (Å²) in [7, 11) is 0. The Morgan fingerprint density at radius 2 is 2.25 bits per heavy atom. The Bertz CT molecular complexity index is 327. The van der Waals surface area contributed by atoms with Gasteiger partial charge in [0.1, 0.15) is 11.9 Å². The first-order valence-corrected chi connectivity index (χ1v) is 6.05. The van der Waals surface area contributed by atoms with Gasteiger partial charge in [-0.15, -0.1) is 0 Å². The molecule has 3 heteroatoms. The first-order chi connectivity index (χ1) is 7.90. The van der Waals surface area contributed by atoms with E-state index in [0.29, 0.717) is 6.10 Å². The predicted molar refractivity (Wildman–Crippen MR) is 65.7 cm³/mol. The van der Waals surface area contributed by atoms with Gasteiger partial charge in [0.05, 0.1) is 0 Å². The van der Waals surface area contributed by atoms with E-state index in [9.17, 15) is 0 Å². The fourth-order valence-electron chi connectivity index (χ4n) is 2.01. The molecule has 0 radical (unpaired) electrons. The van der Waals surface area contributed by atoms with Crippen LogP contribution in [0.5, 0.6) is 5.75 Å². The summed E-state index contributed by atoms with van der Waals surface area (Å²) >= 11 is 0. The van der Waals surface area contributed by atoms with Gasteiger partial charge in [0, 0.05) is 6.54 Å². The Morgan fingerprint density at radius 3 is 3.12 bits per heavy atom. The predicted octanol–water partition coefficient (Wildman–Crippen LogP) is 1.32. The van der Waals surface area contributed by atoms with Crippen LogP contribution >= 0.6 is 0 Å². The highest BCUT2D eigenvalue weighted by Gasteiger charge is 2.18. The average Bonchev–Trinajstić information content (AvgIpc) is 2.34. The minimum atomic E-state index is 0.313. The Kier molecular flexibility index (Phi) is 4.19. The number of hydrogen-bond acceptors (Lipinski definition) is 3. The molecule has 1 aliphatic heterocycles. The molecule has 0 saturated heterocycles. The van der Waals surface area contributed by atoms with Crippen molar-refractivity contribution >= 4 is 0 Å². The highest BCUT2D eigenvalue weighted by molar-refractivity contribution is 5.35. The molecule has 88 valence electrons. The standard InChI is InChI=1S/C13H20N2O/c14-8-3-9-15-10-12-7-6-11-4-1-2-5-13(11)16-12/h1-2,4-5,12,15H,3,6-10,14H2. The highest BCUT2D eigenvalue weighted by atomic mass is 16.5. The van der Waals surface area contributed by atoms with Crippen molar-refractivity contribution in [3.05, 3.63) is 29.8 Å². The molecule has 0 bridgehead atoms. The zero-order valence-corrected chi connectivity index (χ0v) is 9.61. The summed E-state index contributed by atoms with van der Waals surface area (Å²) in [6.07, 6.45) is 3.57. The lowest BCUT2D eigenvalue weighted by Gasteiger charge is -2.26. The highest BCUT2D eigenvalue weighted by Crippen LogP contribution is 2.26. The van der Waals surface area contributed by atoms with Crippen LogP contribution in [0.2, 0.25) is 0 Å². The van der Waals surface area contributed by atoms with Crippen molar-refractivity contribution in [3.8, 4) is 5.75 Å². The third-order valence-corrected chi connectivity index (χ3v) is 2.93. The van der Waals surface area contributed by atoms with E-state index in [1.54, 1.807) is 0 Å². The maximum absolute atomic E-state index is 5.92. The van der Waals surface area contributed by atoms with Crippen molar-refractivity contribution < 1.29 is 4.74 Å². The molecule has 1 heterocycles. The molecule has 1 atom stereocenters. The second-order valence-corrected chi connectivity index (χ2v) is 4.23. The van der Waals surface area contributed by atoms with Gasteiger partial charge in [-0.25, -0.2) is 0 Å². The number of nitrogens with two attached hydrogens (primary N) is 1. The van der Waals surface area contributed by atoms with Crippen LogP contribution < -0.4 is 15.8 Å². The molecular weight excluding hydrogens is 200 g/mol. The molecule has 0 amide bonds. The molecule has 3 N–H and O–H groups in total. The second kappa shape index (κ2) is 5.87. The van der Waals surface area contributed by atoms with Crippen LogP contribution in [0.1, 0.15) is 18.4 Å². The van der Waals surface area contributed by atoms with Crippen molar-refractivity contribution in [2.75, 3.05) is 19.6 Å². The molecule has 3 nitrogen and oxygen atoms in total. The molecule has 0 aliphatic carbocycles. The van der Waals surface area contributed by atoms with Gasteiger partial charge in [-0.3, -0.25) is 0 Å². The second-order valence-electron chi connectivity index (χ2n) is 4.23. The number of fused-ring (bicyclic) bond motifs is 1. The number of hydrogen-bond donors (Lipinski definition) is 2. The topological polar surface area (TPSA) is 47.3 Å². The van der Waals surface area contributed by atoms with Crippen LogP contribution in [-0.2, 0) is 6.42 Å². The van der Waals surface area contributed by atoms with Crippen molar-refractivity contribution in [2.24, 2.45) is 5.73 Å². The maximum atomic E-state index is 5.92. The molecule has 0 aromatic heterocycles. The van der Waals surface area contributed by atoms with Crippen LogP contribution in [0, 0.1) is 0 Å². The third kappa shape index (κ3) is 2.97. The van der Waals surface area contributed by atoms with Gasteiger partial charge in [-0.1, -0.05) is 18.2 Å². The zero-order valence-electron chi connectivity index (χ0n) is 9.61. The van der Waals surface area contributed by atoms with Gasteiger partial charge in [-0.05, 0) is 44.0 Å². The smallest absolute Gasteiger partial charge is 0.122 e. The summed E-state index contributed by atoms with van der Waals surface area (Å²) in [5.41, 5.74) is 6.77. The van der Waals surface area contributed by atoms with E-state index in [-0.39, 0.29) is 0 Å². The van der Waals surface area contributed by atoms with Crippen LogP contribution in [0.3, 0.4) is 0 Å². The van der Waals surface area contributed by atoms with E-state index in [1.807, 2.05) is 6.07 Å². The average molecular weight is 220 g/mol. The Labute approximate surface area is 97.0 Å². The zero-order chi connectivity index (χ0) is 11.2. The molecule has 0 saturated carbocycles. The first kappa shape index (κ1) is 11.4. The number of rotatable bonds is 5. The van der Waals surface area contributed by atoms with E-state index in [2.05, 4.69) is 23.5 Å². The first-order valence-electron chi connectivity index (χ1n) is 6.05. The summed E-state index contributed by atoms with van der Waals surface area (Å²) < 4.78 is 5.92. The fraction of sp³-hybridized carbons (Fsp3) is 0.538. The maximum Gasteiger partial charge on any atom is 0.122 e. The van der Waals surface area contributed by atoms with Gasteiger partial charge in [0.15, 0.2) is 0 Å². The number of benzene rings is 1. The summed E-state index contributed by atoms with van der Waals surface area (Å²) in [4.78, 5) is 0. The SMILES string of the molecule is NCCCNCC1CCc2ccccc2O1. The van der Waals surface area contributed by atoms with Crippen molar-refractivity contribution in [1.29, 1.82) is 0 Å². The van der Waals surface area contributed by atoms with Crippen molar-refractivity contribution in [2.45, 2.75) is 25.4 Å². The van der Waals surface area contributed by atoms with Crippen molar-refractivity contribution in [3.63, 3.8) is 0 Å². The van der Waals surface area contributed by atoms with Gasteiger partial charge in [0.2, 0.25) is 0 Å². The van der Waals surface area contributed by atoms with Crippen LogP contribution in [0.15, 0.2) is 24.3 Å². The summed E-state index contributed by atoms with van der Waals surface area (Å²) in [6.45, 7) is 2.66. The lowest BCUT2D eigenvalue weighted by Crippen LogP contribution is -2.35. The van der Waals surface area contributed by atoms with Gasteiger partial charge < -0.3 is 15.8 Å². The normalized spacial score (nSPS) is 18.9. The van der Waals surface area contributed by atoms with Crippen molar-refractivity contribution in [1.82, 2.24) is 5.32 Å². The number of para-hydroxylation sites is 1. The Morgan fingerprint density at radius 1 is 1.38 bits per heavy atom. The molecule has 1 aromatic rings. The van der Waals surface area contributed by atoms with Crippen LogP contribution in [-0.4, -0.2) is 25.7 Å². The molecule has 1 unspecified atom stereocenters. The molecule has 16 heavy (non-hydrogen) atoms. The van der Waals surface area contributed by atoms with E-state index in [1.165, 1.54) is 5.56 Å². The Hall–Kier alpha value is -1.06. The van der Waals surface area contributed by atoms with Gasteiger partial charge in [-0.2, -0.15) is 0 Å². The lowest BCUT2D eigenvalue weighted by molar-refractivity contribution is 0.171. The monoisotopic (exact) mass is 220 g/mol. The molecule has 0 spiro atoms. The summed E-state index contributed by atoms with van der Waals surface area (Å²) in [6, 6.07) is 8.31. The molecule has 2 rings (SSSR count). The lowest BCUT2D eigenvalue weighted by atomic mass is 10.0. The quantitative estimate of drug-likeness (QED) is 0.736. The van der Waals surface area contributed by atoms with Crippen LogP contribution in [0.25, 0.3) is 0 Å². The largest absolute Gasteiger partial charge is 0.489 e. The summed E-state index contributed by atoms with van der Waals surface area (Å²) in [5, 5.41) is 3.38. The van der Waals surface area contributed by atoms with E-state index in [4.69, 9.17) is 10.5 Å². The van der Waals surface area contributed by atoms with Gasteiger partial charge >= 0.3 is 0 Å². The third-order valence-electron chi connectivity index (χ3n) is 2.93.